The molecule has 2 aromatic rings. The first kappa shape index (κ1) is 22.8. The molecule has 0 amide bonds. The minimum absolute atomic E-state index is 0. The van der Waals surface area contributed by atoms with E-state index in [0.717, 1.165) is 49.4 Å². The molecule has 1 heterocycles. The van der Waals surface area contributed by atoms with Crippen LogP contribution in [0.4, 0.5) is 0 Å². The summed E-state index contributed by atoms with van der Waals surface area (Å²) in [5, 5.41) is 18.5. The normalized spacial score (nSPS) is 12.1. The lowest BCUT2D eigenvalue weighted by Gasteiger charge is -2.28. The highest BCUT2D eigenvalue weighted by Gasteiger charge is 2.24. The number of guanidine groups is 1. The third-order valence-electron chi connectivity index (χ3n) is 4.35. The molecule has 146 valence electrons. The number of aliphatic imine (C=N–C) groups is 1. The van der Waals surface area contributed by atoms with Gasteiger partial charge < -0.3 is 20.7 Å². The Kier molecular flexibility index (Phi) is 10.0. The molecule has 0 bridgehead atoms. The Morgan fingerprint density at radius 3 is 2.42 bits per heavy atom. The minimum atomic E-state index is -0.666. The van der Waals surface area contributed by atoms with Crippen LogP contribution in [0.15, 0.2) is 35.3 Å². The molecule has 0 fully saturated rings. The number of fused-ring (bicyclic) bond motifs is 1. The van der Waals surface area contributed by atoms with Gasteiger partial charge >= 0.3 is 0 Å². The van der Waals surface area contributed by atoms with Crippen LogP contribution in [0, 0.1) is 0 Å². The molecule has 2 rings (SSSR count). The summed E-state index contributed by atoms with van der Waals surface area (Å²) >= 11 is 0. The predicted molar refractivity (Wildman–Crippen MR) is 121 cm³/mol. The number of hydrogen-bond donors (Lipinski definition) is 4. The summed E-state index contributed by atoms with van der Waals surface area (Å²) in [6, 6.07) is 10.4. The number of H-pyrrole nitrogens is 1. The summed E-state index contributed by atoms with van der Waals surface area (Å²) in [5.41, 5.74) is 1.54. The zero-order chi connectivity index (χ0) is 18.1. The summed E-state index contributed by atoms with van der Waals surface area (Å²) in [7, 11) is 0. The molecular formula is C20H33IN4O. The molecule has 0 unspecified atom stereocenters. The molecule has 4 N–H and O–H groups in total. The van der Waals surface area contributed by atoms with E-state index in [-0.39, 0.29) is 24.0 Å². The van der Waals surface area contributed by atoms with Crippen molar-refractivity contribution >= 4 is 40.8 Å². The molecule has 0 aliphatic rings. The lowest BCUT2D eigenvalue weighted by Crippen LogP contribution is -2.47. The Bertz CT molecular complexity index is 644. The zero-order valence-corrected chi connectivity index (χ0v) is 18.5. The second-order valence-corrected chi connectivity index (χ2v) is 6.65. The van der Waals surface area contributed by atoms with Crippen molar-refractivity contribution in [2.24, 2.45) is 4.99 Å². The van der Waals surface area contributed by atoms with Crippen LogP contribution in [0.1, 0.15) is 52.1 Å². The van der Waals surface area contributed by atoms with Crippen LogP contribution >= 0.6 is 24.0 Å². The number of aromatic nitrogens is 1. The van der Waals surface area contributed by atoms with Crippen molar-refractivity contribution in [3.05, 3.63) is 36.0 Å². The van der Waals surface area contributed by atoms with Gasteiger partial charge in [0, 0.05) is 24.3 Å². The maximum atomic E-state index is 10.8. The quantitative estimate of drug-likeness (QED) is 0.252. The molecular weight excluding hydrogens is 439 g/mol. The fourth-order valence-corrected chi connectivity index (χ4v) is 3.21. The van der Waals surface area contributed by atoms with E-state index in [9.17, 15) is 5.11 Å². The summed E-state index contributed by atoms with van der Waals surface area (Å²) < 4.78 is 0. The van der Waals surface area contributed by atoms with Gasteiger partial charge in [0.05, 0.1) is 12.1 Å². The summed E-state index contributed by atoms with van der Waals surface area (Å²) in [5.74, 6) is 0.742. The minimum Gasteiger partial charge on any atom is -0.388 e. The Hall–Kier alpha value is -1.28. The van der Waals surface area contributed by atoms with Crippen LogP contribution in [0.5, 0.6) is 0 Å². The summed E-state index contributed by atoms with van der Waals surface area (Å²) in [6.07, 6.45) is 3.55. The lowest BCUT2D eigenvalue weighted by molar-refractivity contribution is 0.0257. The molecule has 26 heavy (non-hydrogen) atoms. The number of aromatic amines is 1. The third-order valence-corrected chi connectivity index (χ3v) is 4.35. The number of rotatable bonds is 9. The van der Waals surface area contributed by atoms with E-state index in [1.54, 1.807) is 0 Å². The van der Waals surface area contributed by atoms with E-state index in [0.29, 0.717) is 13.1 Å². The van der Waals surface area contributed by atoms with Crippen molar-refractivity contribution in [2.45, 2.75) is 58.6 Å². The van der Waals surface area contributed by atoms with Crippen LogP contribution < -0.4 is 10.6 Å². The van der Waals surface area contributed by atoms with Crippen molar-refractivity contribution in [1.82, 2.24) is 15.6 Å². The van der Waals surface area contributed by atoms with Crippen LogP contribution in [0.3, 0.4) is 0 Å². The van der Waals surface area contributed by atoms with Crippen molar-refractivity contribution in [1.29, 1.82) is 0 Å². The number of nitrogens with one attached hydrogen (secondary N) is 3. The molecule has 0 saturated carbocycles. The van der Waals surface area contributed by atoms with E-state index in [4.69, 9.17) is 0 Å². The molecule has 0 radical (unpaired) electrons. The second-order valence-electron chi connectivity index (χ2n) is 6.65. The molecule has 5 nitrogen and oxygen atoms in total. The van der Waals surface area contributed by atoms with Gasteiger partial charge in [-0.2, -0.15) is 0 Å². The number of aliphatic hydroxyl groups is 1. The first-order valence-corrected chi connectivity index (χ1v) is 9.41. The van der Waals surface area contributed by atoms with E-state index in [1.807, 2.05) is 19.1 Å². The van der Waals surface area contributed by atoms with Crippen molar-refractivity contribution < 1.29 is 5.11 Å². The van der Waals surface area contributed by atoms with Gasteiger partial charge in [-0.1, -0.05) is 44.9 Å². The molecule has 0 aliphatic heterocycles. The molecule has 6 heteroatoms. The maximum absolute atomic E-state index is 10.8. The summed E-state index contributed by atoms with van der Waals surface area (Å²) in [4.78, 5) is 8.05. The lowest BCUT2D eigenvalue weighted by atomic mass is 9.93. The number of benzene rings is 1. The van der Waals surface area contributed by atoms with Gasteiger partial charge in [0.2, 0.25) is 0 Å². The highest BCUT2D eigenvalue weighted by atomic mass is 127. The van der Waals surface area contributed by atoms with E-state index in [1.165, 1.54) is 5.39 Å². The molecule has 1 aromatic heterocycles. The Balaban J connectivity index is 0.00000338. The van der Waals surface area contributed by atoms with E-state index < -0.39 is 5.60 Å². The second kappa shape index (κ2) is 11.4. The molecule has 0 spiro atoms. The largest absolute Gasteiger partial charge is 0.388 e. The topological polar surface area (TPSA) is 72.4 Å². The molecule has 0 atom stereocenters. The standard InChI is InChI=1S/C20H32N4O.HI/c1-4-11-20(25,12-5-2)15-23-19(21-6-3)22-14-17-13-16-9-7-8-10-18(16)24-17;/h7-10,13,24-25H,4-6,11-12,14-15H2,1-3H3,(H2,21,22,23);1H. The highest BCUT2D eigenvalue weighted by molar-refractivity contribution is 14.0. The number of halogens is 1. The SMILES string of the molecule is CCCC(O)(CCC)CNC(=NCc1cc2ccccc2[nH]1)NCC.I. The average Bonchev–Trinajstić information content (AvgIpc) is 3.01. The van der Waals surface area contributed by atoms with Crippen molar-refractivity contribution in [3.8, 4) is 0 Å². The zero-order valence-electron chi connectivity index (χ0n) is 16.1. The van der Waals surface area contributed by atoms with Crippen molar-refractivity contribution in [2.75, 3.05) is 13.1 Å². The Labute approximate surface area is 174 Å². The fourth-order valence-electron chi connectivity index (χ4n) is 3.21. The molecule has 0 aliphatic carbocycles. The smallest absolute Gasteiger partial charge is 0.191 e. The number of hydrogen-bond acceptors (Lipinski definition) is 2. The monoisotopic (exact) mass is 472 g/mol. The fraction of sp³-hybridized carbons (Fsp3) is 0.550. The maximum Gasteiger partial charge on any atom is 0.191 e. The van der Waals surface area contributed by atoms with Gasteiger partial charge in [-0.05, 0) is 37.3 Å². The van der Waals surface area contributed by atoms with Crippen LogP contribution in [-0.4, -0.2) is 34.7 Å². The first-order valence-electron chi connectivity index (χ1n) is 9.41. The van der Waals surface area contributed by atoms with Gasteiger partial charge in [0.25, 0.3) is 0 Å². The van der Waals surface area contributed by atoms with E-state index >= 15 is 0 Å². The van der Waals surface area contributed by atoms with Crippen LogP contribution in [0.2, 0.25) is 0 Å². The van der Waals surface area contributed by atoms with Crippen LogP contribution in [-0.2, 0) is 6.54 Å². The van der Waals surface area contributed by atoms with Gasteiger partial charge in [-0.25, -0.2) is 4.99 Å². The summed E-state index contributed by atoms with van der Waals surface area (Å²) in [6.45, 7) is 8.14. The average molecular weight is 472 g/mol. The van der Waals surface area contributed by atoms with E-state index in [2.05, 4.69) is 52.7 Å². The number of nitrogens with zero attached hydrogens (tertiary/aromatic N) is 1. The number of para-hydroxylation sites is 1. The molecule has 1 aromatic carbocycles. The van der Waals surface area contributed by atoms with Gasteiger partial charge in [0.1, 0.15) is 0 Å². The van der Waals surface area contributed by atoms with Crippen LogP contribution in [0.25, 0.3) is 10.9 Å². The van der Waals surface area contributed by atoms with Gasteiger partial charge in [0.15, 0.2) is 5.96 Å². The Morgan fingerprint density at radius 2 is 1.81 bits per heavy atom. The third kappa shape index (κ3) is 6.79. The van der Waals surface area contributed by atoms with Gasteiger partial charge in [-0.3, -0.25) is 0 Å². The molecule has 0 saturated heterocycles. The van der Waals surface area contributed by atoms with Crippen molar-refractivity contribution in [3.63, 3.8) is 0 Å². The highest BCUT2D eigenvalue weighted by Crippen LogP contribution is 2.18. The van der Waals surface area contributed by atoms with Gasteiger partial charge in [-0.15, -0.1) is 24.0 Å². The Morgan fingerprint density at radius 1 is 1.12 bits per heavy atom. The predicted octanol–water partition coefficient (Wildman–Crippen LogP) is 4.17. The first-order chi connectivity index (χ1) is 12.1.